The molecule has 0 aliphatic heterocycles. The lowest BCUT2D eigenvalue weighted by molar-refractivity contribution is -0.120. The van der Waals surface area contributed by atoms with Gasteiger partial charge in [-0.15, -0.1) is 0 Å². The van der Waals surface area contributed by atoms with Crippen molar-refractivity contribution >= 4 is 29.1 Å². The molecule has 1 N–H and O–H groups in total. The molecule has 0 bridgehead atoms. The zero-order valence-electron chi connectivity index (χ0n) is 18.0. The van der Waals surface area contributed by atoms with E-state index in [0.717, 1.165) is 16.8 Å². The van der Waals surface area contributed by atoms with Crippen LogP contribution in [-0.2, 0) is 4.79 Å². The maximum Gasteiger partial charge on any atom is 0.254 e. The fraction of sp³-hybridized carbons (Fsp3) is 0.200. The van der Waals surface area contributed by atoms with E-state index in [0.29, 0.717) is 21.9 Å². The van der Waals surface area contributed by atoms with Gasteiger partial charge in [0.15, 0.2) is 0 Å². The Hall–Kier alpha value is -3.31. The second-order valence-electron chi connectivity index (χ2n) is 7.32. The van der Waals surface area contributed by atoms with Crippen molar-refractivity contribution in [3.8, 4) is 5.75 Å². The van der Waals surface area contributed by atoms with Crippen molar-refractivity contribution in [2.75, 3.05) is 19.5 Å². The Morgan fingerprint density at radius 3 is 2.13 bits per heavy atom. The van der Waals surface area contributed by atoms with Gasteiger partial charge in [0.2, 0.25) is 0 Å². The Labute approximate surface area is 187 Å². The van der Waals surface area contributed by atoms with Gasteiger partial charge in [0.1, 0.15) is 11.8 Å². The van der Waals surface area contributed by atoms with Crippen LogP contribution in [0.3, 0.4) is 0 Å². The van der Waals surface area contributed by atoms with E-state index in [1.807, 2.05) is 32.0 Å². The Kier molecular flexibility index (Phi) is 6.98. The Bertz CT molecular complexity index is 1080. The molecular weight excluding hydrogens is 412 g/mol. The number of ether oxygens (including phenoxy) is 1. The standard InChI is InChI=1S/C25H25ClN2O3/c1-16-8-7-9-17(2)22(16)27-24(29)23(20-10-5-6-11-21(20)26)28(3)25(30)18-12-14-19(31-4)15-13-18/h5-15,23H,1-4H3,(H,27,29)/t23-/m0/s1. The summed E-state index contributed by atoms with van der Waals surface area (Å²) in [6.45, 7) is 3.86. The van der Waals surface area contributed by atoms with Crippen molar-refractivity contribution in [1.29, 1.82) is 0 Å². The molecule has 0 spiro atoms. The third-order valence-corrected chi connectivity index (χ3v) is 5.57. The summed E-state index contributed by atoms with van der Waals surface area (Å²) in [5.74, 6) is 0.00807. The number of likely N-dealkylation sites (N-methyl/N-ethyl adjacent to an activating group) is 1. The van der Waals surface area contributed by atoms with E-state index < -0.39 is 6.04 Å². The molecule has 0 saturated heterocycles. The number of carbonyl (C=O) groups is 2. The zero-order chi connectivity index (χ0) is 22.5. The molecule has 0 aliphatic carbocycles. The number of nitrogens with zero attached hydrogens (tertiary/aromatic N) is 1. The van der Waals surface area contributed by atoms with Gasteiger partial charge in [-0.25, -0.2) is 0 Å². The molecule has 3 aromatic rings. The van der Waals surface area contributed by atoms with Crippen LogP contribution < -0.4 is 10.1 Å². The molecule has 6 heteroatoms. The van der Waals surface area contributed by atoms with Crippen molar-refractivity contribution in [2.45, 2.75) is 19.9 Å². The van der Waals surface area contributed by atoms with Gasteiger partial charge in [-0.05, 0) is 55.3 Å². The van der Waals surface area contributed by atoms with Crippen molar-refractivity contribution in [3.63, 3.8) is 0 Å². The first-order valence-corrected chi connectivity index (χ1v) is 10.2. The number of nitrogens with one attached hydrogen (secondary N) is 1. The predicted octanol–water partition coefficient (Wildman–Crippen LogP) is 5.42. The average Bonchev–Trinajstić information content (AvgIpc) is 2.77. The average molecular weight is 437 g/mol. The Morgan fingerprint density at radius 2 is 1.55 bits per heavy atom. The largest absolute Gasteiger partial charge is 0.497 e. The van der Waals surface area contributed by atoms with Crippen LogP contribution >= 0.6 is 11.6 Å². The quantitative estimate of drug-likeness (QED) is 0.561. The zero-order valence-corrected chi connectivity index (χ0v) is 18.7. The van der Waals surface area contributed by atoms with Crippen LogP contribution in [0.1, 0.15) is 33.1 Å². The minimum absolute atomic E-state index is 0.302. The first kappa shape index (κ1) is 22.4. The molecule has 0 unspecified atom stereocenters. The number of hydrogen-bond acceptors (Lipinski definition) is 3. The second kappa shape index (κ2) is 9.67. The molecule has 160 valence electrons. The maximum atomic E-state index is 13.5. The fourth-order valence-corrected chi connectivity index (χ4v) is 3.72. The summed E-state index contributed by atoms with van der Waals surface area (Å²) < 4.78 is 5.16. The molecule has 0 fully saturated rings. The first-order chi connectivity index (χ1) is 14.8. The number of carbonyl (C=O) groups excluding carboxylic acids is 2. The summed E-state index contributed by atoms with van der Waals surface area (Å²) in [4.78, 5) is 28.1. The van der Waals surface area contributed by atoms with Crippen LogP contribution in [0.4, 0.5) is 5.69 Å². The van der Waals surface area contributed by atoms with Crippen LogP contribution in [0.2, 0.25) is 5.02 Å². The Morgan fingerprint density at radius 1 is 0.935 bits per heavy atom. The summed E-state index contributed by atoms with van der Waals surface area (Å²) in [5.41, 5.74) is 3.61. The minimum Gasteiger partial charge on any atom is -0.497 e. The summed E-state index contributed by atoms with van der Waals surface area (Å²) >= 11 is 6.43. The van der Waals surface area contributed by atoms with E-state index in [4.69, 9.17) is 16.3 Å². The van der Waals surface area contributed by atoms with E-state index in [2.05, 4.69) is 5.32 Å². The molecule has 31 heavy (non-hydrogen) atoms. The maximum absolute atomic E-state index is 13.5. The number of aryl methyl sites for hydroxylation is 2. The minimum atomic E-state index is -0.915. The van der Waals surface area contributed by atoms with Crippen LogP contribution in [0.25, 0.3) is 0 Å². The number of anilines is 1. The van der Waals surface area contributed by atoms with E-state index in [1.165, 1.54) is 4.90 Å². The van der Waals surface area contributed by atoms with Gasteiger partial charge < -0.3 is 15.0 Å². The highest BCUT2D eigenvalue weighted by molar-refractivity contribution is 6.31. The lowest BCUT2D eigenvalue weighted by Gasteiger charge is -2.29. The summed E-state index contributed by atoms with van der Waals surface area (Å²) in [7, 11) is 3.17. The molecule has 3 rings (SSSR count). The van der Waals surface area contributed by atoms with Gasteiger partial charge in [-0.3, -0.25) is 9.59 Å². The van der Waals surface area contributed by atoms with Crippen LogP contribution in [0.5, 0.6) is 5.75 Å². The highest BCUT2D eigenvalue weighted by Crippen LogP contribution is 2.30. The third-order valence-electron chi connectivity index (χ3n) is 5.22. The third kappa shape index (κ3) is 4.89. The number of benzene rings is 3. The first-order valence-electron chi connectivity index (χ1n) is 9.86. The van der Waals surface area contributed by atoms with E-state index in [1.54, 1.807) is 62.7 Å². The number of rotatable bonds is 6. The highest BCUT2D eigenvalue weighted by atomic mass is 35.5. The summed E-state index contributed by atoms with van der Waals surface area (Å²) in [6, 6.07) is 18.7. The topological polar surface area (TPSA) is 58.6 Å². The predicted molar refractivity (Wildman–Crippen MR) is 124 cm³/mol. The van der Waals surface area contributed by atoms with Gasteiger partial charge in [0, 0.05) is 28.9 Å². The van der Waals surface area contributed by atoms with Gasteiger partial charge in [0.25, 0.3) is 11.8 Å². The molecule has 0 radical (unpaired) electrons. The normalized spacial score (nSPS) is 11.5. The van der Waals surface area contributed by atoms with Crippen molar-refractivity contribution < 1.29 is 14.3 Å². The molecule has 2 amide bonds. The number of hydrogen-bond donors (Lipinski definition) is 1. The summed E-state index contributed by atoms with van der Waals surface area (Å²) in [5, 5.41) is 3.41. The van der Waals surface area contributed by atoms with Crippen molar-refractivity contribution in [2.24, 2.45) is 0 Å². The van der Waals surface area contributed by atoms with Gasteiger partial charge in [-0.1, -0.05) is 48.0 Å². The van der Waals surface area contributed by atoms with Gasteiger partial charge in [-0.2, -0.15) is 0 Å². The summed E-state index contributed by atoms with van der Waals surface area (Å²) in [6.07, 6.45) is 0. The van der Waals surface area contributed by atoms with Crippen molar-refractivity contribution in [1.82, 2.24) is 4.90 Å². The number of amides is 2. The highest BCUT2D eigenvalue weighted by Gasteiger charge is 2.31. The van der Waals surface area contributed by atoms with E-state index in [-0.39, 0.29) is 11.8 Å². The monoisotopic (exact) mass is 436 g/mol. The SMILES string of the molecule is COc1ccc(C(=O)N(C)[C@H](C(=O)Nc2c(C)cccc2C)c2ccccc2Cl)cc1. The van der Waals surface area contributed by atoms with Gasteiger partial charge in [0.05, 0.1) is 7.11 Å². The number of methoxy groups -OCH3 is 1. The lowest BCUT2D eigenvalue weighted by atomic mass is 10.0. The number of para-hydroxylation sites is 1. The molecule has 0 aliphatic rings. The smallest absolute Gasteiger partial charge is 0.254 e. The second-order valence-corrected chi connectivity index (χ2v) is 7.73. The fourth-order valence-electron chi connectivity index (χ4n) is 3.48. The molecular formula is C25H25ClN2O3. The molecule has 5 nitrogen and oxygen atoms in total. The molecule has 3 aromatic carbocycles. The molecule has 0 aromatic heterocycles. The van der Waals surface area contributed by atoms with Crippen LogP contribution in [-0.4, -0.2) is 30.9 Å². The van der Waals surface area contributed by atoms with Crippen LogP contribution in [0.15, 0.2) is 66.7 Å². The van der Waals surface area contributed by atoms with Gasteiger partial charge >= 0.3 is 0 Å². The molecule has 1 atom stereocenters. The number of halogens is 1. The molecule has 0 saturated carbocycles. The van der Waals surface area contributed by atoms with Crippen molar-refractivity contribution in [3.05, 3.63) is 94.0 Å². The van der Waals surface area contributed by atoms with E-state index >= 15 is 0 Å². The lowest BCUT2D eigenvalue weighted by Crippen LogP contribution is -2.39. The molecule has 0 heterocycles. The Balaban J connectivity index is 1.98. The van der Waals surface area contributed by atoms with E-state index in [9.17, 15) is 9.59 Å². The van der Waals surface area contributed by atoms with Crippen LogP contribution in [0, 0.1) is 13.8 Å².